The molecular weight excluding hydrogens is 290 g/mol. The van der Waals surface area contributed by atoms with Crippen LogP contribution >= 0.6 is 23.4 Å². The van der Waals surface area contributed by atoms with Crippen molar-refractivity contribution in [2.45, 2.75) is 31.0 Å². The van der Waals surface area contributed by atoms with Crippen molar-refractivity contribution < 1.29 is 8.78 Å². The Hall–Kier alpha value is -0.810. The fourth-order valence-electron chi connectivity index (χ4n) is 1.98. The van der Waals surface area contributed by atoms with Crippen LogP contribution in [0.15, 0.2) is 12.1 Å². The predicted molar refractivity (Wildman–Crippen MR) is 76.8 cm³/mol. The number of alkyl halides is 1. The number of aromatic nitrogens is 2. The van der Waals surface area contributed by atoms with Gasteiger partial charge < -0.3 is 4.57 Å². The van der Waals surface area contributed by atoms with E-state index in [1.165, 1.54) is 6.07 Å². The zero-order valence-electron chi connectivity index (χ0n) is 10.8. The van der Waals surface area contributed by atoms with Gasteiger partial charge in [-0.1, -0.05) is 6.92 Å². The Morgan fingerprint density at radius 1 is 1.42 bits per heavy atom. The van der Waals surface area contributed by atoms with Crippen LogP contribution in [-0.4, -0.2) is 21.1 Å². The van der Waals surface area contributed by atoms with E-state index in [1.807, 2.05) is 6.26 Å². The molecule has 2 nitrogen and oxygen atoms in total. The first-order valence-corrected chi connectivity index (χ1v) is 7.82. The van der Waals surface area contributed by atoms with Gasteiger partial charge in [0.2, 0.25) is 0 Å². The molecule has 2 rings (SSSR count). The Bertz CT molecular complexity index is 586. The normalized spacial score (nSPS) is 13.1. The van der Waals surface area contributed by atoms with E-state index in [9.17, 15) is 8.78 Å². The quantitative estimate of drug-likeness (QED) is 0.771. The van der Waals surface area contributed by atoms with Crippen molar-refractivity contribution in [3.63, 3.8) is 0 Å². The maximum Gasteiger partial charge on any atom is 0.153 e. The molecule has 0 bridgehead atoms. The van der Waals surface area contributed by atoms with Gasteiger partial charge in [0.1, 0.15) is 17.2 Å². The number of rotatable bonds is 5. The maximum atomic E-state index is 13.7. The van der Waals surface area contributed by atoms with E-state index < -0.39 is 11.6 Å². The lowest BCUT2D eigenvalue weighted by Crippen LogP contribution is -2.07. The van der Waals surface area contributed by atoms with Gasteiger partial charge in [0.25, 0.3) is 0 Å². The van der Waals surface area contributed by atoms with E-state index in [4.69, 9.17) is 11.6 Å². The molecule has 1 heterocycles. The van der Waals surface area contributed by atoms with Crippen molar-refractivity contribution in [1.82, 2.24) is 9.55 Å². The largest absolute Gasteiger partial charge is 0.327 e. The first-order valence-electron chi connectivity index (χ1n) is 5.99. The lowest BCUT2D eigenvalue weighted by molar-refractivity contribution is 0.588. The van der Waals surface area contributed by atoms with Crippen molar-refractivity contribution >= 4 is 34.4 Å². The number of nitrogens with zero attached hydrogens (tertiary/aromatic N) is 2. The molecule has 1 atom stereocenters. The highest BCUT2D eigenvalue weighted by Crippen LogP contribution is 2.23. The lowest BCUT2D eigenvalue weighted by Gasteiger charge is -2.11. The fourth-order valence-corrected chi connectivity index (χ4v) is 2.52. The van der Waals surface area contributed by atoms with Crippen molar-refractivity contribution in [3.8, 4) is 0 Å². The molecule has 19 heavy (non-hydrogen) atoms. The van der Waals surface area contributed by atoms with Gasteiger partial charge in [-0.25, -0.2) is 13.8 Å². The van der Waals surface area contributed by atoms with E-state index in [0.29, 0.717) is 23.1 Å². The lowest BCUT2D eigenvalue weighted by atomic mass is 10.2. The first-order chi connectivity index (χ1) is 9.06. The zero-order chi connectivity index (χ0) is 14.0. The average Bonchev–Trinajstić information content (AvgIpc) is 2.74. The molecule has 0 spiro atoms. The van der Waals surface area contributed by atoms with Crippen molar-refractivity contribution in [3.05, 3.63) is 29.6 Å². The molecule has 1 aromatic heterocycles. The summed E-state index contributed by atoms with van der Waals surface area (Å²) in [6, 6.07) is 2.16. The van der Waals surface area contributed by atoms with E-state index in [0.717, 1.165) is 12.5 Å². The second-order valence-corrected chi connectivity index (χ2v) is 5.95. The second-order valence-electron chi connectivity index (χ2n) is 4.40. The van der Waals surface area contributed by atoms with Gasteiger partial charge >= 0.3 is 0 Å². The molecule has 0 fully saturated rings. The van der Waals surface area contributed by atoms with Crippen LogP contribution < -0.4 is 0 Å². The van der Waals surface area contributed by atoms with Gasteiger partial charge in [-0.2, -0.15) is 11.8 Å². The van der Waals surface area contributed by atoms with Crippen LogP contribution in [0.4, 0.5) is 8.78 Å². The number of halogens is 3. The molecular formula is C13H15ClF2N2S. The summed E-state index contributed by atoms with van der Waals surface area (Å²) in [5.74, 6) is -0.471. The molecule has 104 valence electrons. The minimum Gasteiger partial charge on any atom is -0.327 e. The molecule has 0 N–H and O–H groups in total. The van der Waals surface area contributed by atoms with Crippen LogP contribution in [0.25, 0.3) is 11.0 Å². The van der Waals surface area contributed by atoms with E-state index in [-0.39, 0.29) is 11.4 Å². The molecule has 0 radical (unpaired) electrons. The summed E-state index contributed by atoms with van der Waals surface area (Å²) in [6.45, 7) is 2.77. The van der Waals surface area contributed by atoms with Gasteiger partial charge in [0, 0.05) is 17.9 Å². The van der Waals surface area contributed by atoms with Crippen LogP contribution in [0.2, 0.25) is 0 Å². The molecule has 0 amide bonds. The van der Waals surface area contributed by atoms with Crippen molar-refractivity contribution in [2.24, 2.45) is 0 Å². The molecule has 0 aliphatic rings. The molecule has 0 saturated heterocycles. The highest BCUT2D eigenvalue weighted by atomic mass is 35.5. The monoisotopic (exact) mass is 304 g/mol. The fraction of sp³-hybridized carbons (Fsp3) is 0.462. The Labute approximate surface area is 120 Å². The molecule has 0 saturated carbocycles. The summed E-state index contributed by atoms with van der Waals surface area (Å²) in [4.78, 5) is 4.16. The molecule has 2 aromatic rings. The van der Waals surface area contributed by atoms with Crippen LogP contribution in [0.5, 0.6) is 0 Å². The number of benzene rings is 1. The number of thioether (sulfide) groups is 1. The summed E-state index contributed by atoms with van der Waals surface area (Å²) in [6.07, 6.45) is 2.94. The highest BCUT2D eigenvalue weighted by Gasteiger charge is 2.15. The van der Waals surface area contributed by atoms with Crippen molar-refractivity contribution in [1.29, 1.82) is 0 Å². The number of hydrogen-bond acceptors (Lipinski definition) is 2. The van der Waals surface area contributed by atoms with Crippen molar-refractivity contribution in [2.75, 3.05) is 6.26 Å². The van der Waals surface area contributed by atoms with E-state index in [1.54, 1.807) is 16.3 Å². The van der Waals surface area contributed by atoms with Gasteiger partial charge in [-0.3, -0.25) is 0 Å². The Morgan fingerprint density at radius 2 is 2.16 bits per heavy atom. The first kappa shape index (κ1) is 14.6. The number of hydrogen-bond donors (Lipinski definition) is 0. The smallest absolute Gasteiger partial charge is 0.153 e. The maximum absolute atomic E-state index is 13.7. The van der Waals surface area contributed by atoms with E-state index >= 15 is 0 Å². The molecule has 1 unspecified atom stereocenters. The zero-order valence-corrected chi connectivity index (χ0v) is 12.4. The highest BCUT2D eigenvalue weighted by molar-refractivity contribution is 7.99. The minimum atomic E-state index is -0.641. The van der Waals surface area contributed by atoms with E-state index in [2.05, 4.69) is 11.9 Å². The summed E-state index contributed by atoms with van der Waals surface area (Å²) in [5.41, 5.74) is 0.662. The molecule has 0 aliphatic carbocycles. The third-order valence-corrected chi connectivity index (χ3v) is 4.41. The Kier molecular flexibility index (Phi) is 4.68. The Morgan fingerprint density at radius 3 is 2.79 bits per heavy atom. The summed E-state index contributed by atoms with van der Waals surface area (Å²) in [5, 5.41) is 0.471. The topological polar surface area (TPSA) is 17.8 Å². The van der Waals surface area contributed by atoms with Crippen LogP contribution in [-0.2, 0) is 12.4 Å². The third-order valence-electron chi connectivity index (χ3n) is 3.13. The summed E-state index contributed by atoms with van der Waals surface area (Å²) in [7, 11) is 0. The summed E-state index contributed by atoms with van der Waals surface area (Å²) >= 11 is 7.60. The number of fused-ring (bicyclic) bond motifs is 1. The van der Waals surface area contributed by atoms with Gasteiger partial charge in [0.15, 0.2) is 5.82 Å². The van der Waals surface area contributed by atoms with Crippen LogP contribution in [0, 0.1) is 11.6 Å². The standard InChI is InChI=1S/C13H15ClF2N2S/c1-8(19-2)3-4-18-11-6-9(15)5-10(16)13(11)17-12(18)7-14/h5-6,8H,3-4,7H2,1-2H3. The van der Waals surface area contributed by atoms with Gasteiger partial charge in [0.05, 0.1) is 11.4 Å². The average molecular weight is 305 g/mol. The number of imidazole rings is 1. The SMILES string of the molecule is CSC(C)CCn1c(CCl)nc2c(F)cc(F)cc21. The minimum absolute atomic E-state index is 0.184. The number of aryl methyl sites for hydroxylation is 1. The van der Waals surface area contributed by atoms with Gasteiger partial charge in [-0.15, -0.1) is 11.6 Å². The molecule has 6 heteroatoms. The van der Waals surface area contributed by atoms with Crippen LogP contribution in [0.3, 0.4) is 0 Å². The summed E-state index contributed by atoms with van der Waals surface area (Å²) < 4.78 is 28.8. The van der Waals surface area contributed by atoms with Gasteiger partial charge in [-0.05, 0) is 18.7 Å². The Balaban J connectivity index is 2.45. The molecule has 1 aromatic carbocycles. The van der Waals surface area contributed by atoms with Crippen LogP contribution in [0.1, 0.15) is 19.2 Å². The second kappa shape index (κ2) is 6.09. The third kappa shape index (κ3) is 3.03. The molecule has 0 aliphatic heterocycles. The predicted octanol–water partition coefficient (Wildman–Crippen LogP) is 4.19.